The summed E-state index contributed by atoms with van der Waals surface area (Å²) >= 11 is 0. The molecule has 0 radical (unpaired) electrons. The van der Waals surface area contributed by atoms with Crippen molar-refractivity contribution < 1.29 is 4.74 Å². The van der Waals surface area contributed by atoms with Crippen molar-refractivity contribution in [2.75, 3.05) is 6.61 Å². The summed E-state index contributed by atoms with van der Waals surface area (Å²) in [5, 5.41) is 4.82. The average molecular weight is 360 g/mol. The second kappa shape index (κ2) is 7.07. The minimum absolute atomic E-state index is 0.119. The minimum atomic E-state index is -0.119. The molecule has 27 heavy (non-hydrogen) atoms. The third-order valence-electron chi connectivity index (χ3n) is 4.35. The average Bonchev–Trinajstić information content (AvgIpc) is 3.08. The molecule has 2 heterocycles. The van der Waals surface area contributed by atoms with E-state index in [1.807, 2.05) is 56.3 Å². The van der Waals surface area contributed by atoms with Crippen molar-refractivity contribution in [1.29, 1.82) is 0 Å². The normalized spacial score (nSPS) is 11.0. The highest BCUT2D eigenvalue weighted by atomic mass is 16.5. The summed E-state index contributed by atoms with van der Waals surface area (Å²) in [5.41, 5.74) is 3.61. The largest absolute Gasteiger partial charge is 0.492 e. The fourth-order valence-corrected chi connectivity index (χ4v) is 3.14. The molecule has 2 aromatic heterocycles. The lowest BCUT2D eigenvalue weighted by Gasteiger charge is -2.10. The van der Waals surface area contributed by atoms with Gasteiger partial charge in [-0.15, -0.1) is 0 Å². The zero-order chi connectivity index (χ0) is 18.8. The second-order valence-electron chi connectivity index (χ2n) is 6.54. The van der Waals surface area contributed by atoms with Crippen LogP contribution in [-0.4, -0.2) is 25.9 Å². The summed E-state index contributed by atoms with van der Waals surface area (Å²) < 4.78 is 9.04. The molecule has 4 rings (SSSR count). The van der Waals surface area contributed by atoms with Crippen LogP contribution >= 0.6 is 0 Å². The van der Waals surface area contributed by atoms with Crippen LogP contribution in [0.4, 0.5) is 0 Å². The molecule has 0 saturated heterocycles. The molecule has 136 valence electrons. The van der Waals surface area contributed by atoms with Crippen LogP contribution in [-0.2, 0) is 6.54 Å². The van der Waals surface area contributed by atoms with Crippen LogP contribution < -0.4 is 10.3 Å². The van der Waals surface area contributed by atoms with Gasteiger partial charge < -0.3 is 4.74 Å². The van der Waals surface area contributed by atoms with Crippen molar-refractivity contribution in [3.8, 4) is 11.4 Å². The topological polar surface area (TPSA) is 61.9 Å². The molecule has 0 aliphatic heterocycles. The third-order valence-corrected chi connectivity index (χ3v) is 4.35. The SMILES string of the molecule is Cc1cc(C)cc(OCCn2cnc3c(cnn3-c3ccccc3)c2=O)c1. The Morgan fingerprint density at radius 2 is 1.78 bits per heavy atom. The maximum absolute atomic E-state index is 12.7. The first-order valence-corrected chi connectivity index (χ1v) is 8.81. The number of fused-ring (bicyclic) bond motifs is 1. The van der Waals surface area contributed by atoms with Gasteiger partial charge >= 0.3 is 0 Å². The van der Waals surface area contributed by atoms with Gasteiger partial charge in [0.05, 0.1) is 18.4 Å². The number of ether oxygens (including phenoxy) is 1. The number of rotatable bonds is 5. The molecule has 0 N–H and O–H groups in total. The quantitative estimate of drug-likeness (QED) is 0.548. The Morgan fingerprint density at radius 3 is 2.52 bits per heavy atom. The summed E-state index contributed by atoms with van der Waals surface area (Å²) in [6, 6.07) is 15.7. The minimum Gasteiger partial charge on any atom is -0.492 e. The molecule has 0 aliphatic carbocycles. The summed E-state index contributed by atoms with van der Waals surface area (Å²) in [6.45, 7) is 4.88. The number of hydrogen-bond donors (Lipinski definition) is 0. The molecule has 0 amide bonds. The van der Waals surface area contributed by atoms with Crippen molar-refractivity contribution in [1.82, 2.24) is 19.3 Å². The molecule has 6 nitrogen and oxygen atoms in total. The fraction of sp³-hybridized carbons (Fsp3) is 0.190. The highest BCUT2D eigenvalue weighted by Crippen LogP contribution is 2.16. The Labute approximate surface area is 156 Å². The monoisotopic (exact) mass is 360 g/mol. The van der Waals surface area contributed by atoms with Gasteiger partial charge in [0.25, 0.3) is 5.56 Å². The van der Waals surface area contributed by atoms with Crippen LogP contribution in [0.25, 0.3) is 16.7 Å². The van der Waals surface area contributed by atoms with Gasteiger partial charge in [-0.3, -0.25) is 9.36 Å². The lowest BCUT2D eigenvalue weighted by molar-refractivity contribution is 0.295. The number of aryl methyl sites for hydroxylation is 2. The van der Waals surface area contributed by atoms with Crippen molar-refractivity contribution in [3.05, 3.63) is 82.5 Å². The van der Waals surface area contributed by atoms with Crippen molar-refractivity contribution in [3.63, 3.8) is 0 Å². The van der Waals surface area contributed by atoms with E-state index < -0.39 is 0 Å². The van der Waals surface area contributed by atoms with Crippen LogP contribution in [0.5, 0.6) is 5.75 Å². The molecule has 0 spiro atoms. The lowest BCUT2D eigenvalue weighted by Crippen LogP contribution is -2.23. The van der Waals surface area contributed by atoms with E-state index in [1.54, 1.807) is 21.8 Å². The Bertz CT molecular complexity index is 1130. The summed E-state index contributed by atoms with van der Waals surface area (Å²) in [7, 11) is 0. The van der Waals surface area contributed by atoms with E-state index in [1.165, 1.54) is 0 Å². The van der Waals surface area contributed by atoms with Gasteiger partial charge in [-0.25, -0.2) is 9.67 Å². The molecule has 0 saturated carbocycles. The van der Waals surface area contributed by atoms with Crippen molar-refractivity contribution in [2.45, 2.75) is 20.4 Å². The first kappa shape index (κ1) is 17.0. The highest BCUT2D eigenvalue weighted by molar-refractivity contribution is 5.74. The Balaban J connectivity index is 1.55. The molecule has 0 bridgehead atoms. The summed E-state index contributed by atoms with van der Waals surface area (Å²) in [5.74, 6) is 0.812. The van der Waals surface area contributed by atoms with E-state index in [2.05, 4.69) is 16.1 Å². The molecule has 6 heteroatoms. The van der Waals surface area contributed by atoms with Crippen LogP contribution in [0, 0.1) is 13.8 Å². The van der Waals surface area contributed by atoms with Crippen LogP contribution in [0.15, 0.2) is 65.8 Å². The predicted octanol–water partition coefficient (Wildman–Crippen LogP) is 3.28. The highest BCUT2D eigenvalue weighted by Gasteiger charge is 2.11. The summed E-state index contributed by atoms with van der Waals surface area (Å²) in [6.07, 6.45) is 3.12. The van der Waals surface area contributed by atoms with Crippen molar-refractivity contribution in [2.24, 2.45) is 0 Å². The number of aromatic nitrogens is 4. The Morgan fingerprint density at radius 1 is 1.04 bits per heavy atom. The van der Waals surface area contributed by atoms with Gasteiger partial charge in [0.2, 0.25) is 0 Å². The van der Waals surface area contributed by atoms with Gasteiger partial charge in [-0.05, 0) is 49.2 Å². The lowest BCUT2D eigenvalue weighted by atomic mass is 10.1. The second-order valence-corrected chi connectivity index (χ2v) is 6.54. The third kappa shape index (κ3) is 3.46. The van der Waals surface area contributed by atoms with E-state index >= 15 is 0 Å². The fourth-order valence-electron chi connectivity index (χ4n) is 3.14. The molecule has 0 atom stereocenters. The first-order valence-electron chi connectivity index (χ1n) is 8.81. The number of hydrogen-bond acceptors (Lipinski definition) is 4. The number of benzene rings is 2. The predicted molar refractivity (Wildman–Crippen MR) is 105 cm³/mol. The van der Waals surface area contributed by atoms with Gasteiger partial charge in [-0.1, -0.05) is 24.3 Å². The molecule has 2 aromatic carbocycles. The van der Waals surface area contributed by atoms with Gasteiger partial charge in [0.15, 0.2) is 5.65 Å². The number of nitrogens with zero attached hydrogens (tertiary/aromatic N) is 4. The van der Waals surface area contributed by atoms with Crippen LogP contribution in [0.3, 0.4) is 0 Å². The van der Waals surface area contributed by atoms with Gasteiger partial charge in [0, 0.05) is 0 Å². The van der Waals surface area contributed by atoms with Gasteiger partial charge in [0.1, 0.15) is 24.1 Å². The van der Waals surface area contributed by atoms with E-state index in [-0.39, 0.29) is 5.56 Å². The summed E-state index contributed by atoms with van der Waals surface area (Å²) in [4.78, 5) is 17.2. The van der Waals surface area contributed by atoms with E-state index in [9.17, 15) is 4.79 Å². The zero-order valence-electron chi connectivity index (χ0n) is 15.3. The maximum Gasteiger partial charge on any atom is 0.264 e. The van der Waals surface area contributed by atoms with E-state index in [0.717, 1.165) is 22.6 Å². The molecule has 0 aliphatic rings. The molecule has 4 aromatic rings. The van der Waals surface area contributed by atoms with Crippen LogP contribution in [0.2, 0.25) is 0 Å². The smallest absolute Gasteiger partial charge is 0.264 e. The molecule has 0 unspecified atom stereocenters. The molecular formula is C21H20N4O2. The van der Waals surface area contributed by atoms with E-state index in [0.29, 0.717) is 24.2 Å². The van der Waals surface area contributed by atoms with Crippen molar-refractivity contribution >= 4 is 11.0 Å². The molecular weight excluding hydrogens is 340 g/mol. The van der Waals surface area contributed by atoms with Gasteiger partial charge in [-0.2, -0.15) is 5.10 Å². The van der Waals surface area contributed by atoms with Crippen LogP contribution in [0.1, 0.15) is 11.1 Å². The number of para-hydroxylation sites is 1. The molecule has 0 fully saturated rings. The zero-order valence-corrected chi connectivity index (χ0v) is 15.3. The van der Waals surface area contributed by atoms with E-state index in [4.69, 9.17) is 4.74 Å². The Hall–Kier alpha value is -3.41. The Kier molecular flexibility index (Phi) is 4.46. The maximum atomic E-state index is 12.7. The first-order chi connectivity index (χ1) is 13.1. The standard InChI is InChI=1S/C21H20N4O2/c1-15-10-16(2)12-18(11-15)27-9-8-24-14-22-20-19(21(24)26)13-23-25(20)17-6-4-3-5-7-17/h3-7,10-14H,8-9H2,1-2H3.